The van der Waals surface area contributed by atoms with Gasteiger partial charge in [-0.05, 0) is 24.1 Å². The van der Waals surface area contributed by atoms with Crippen molar-refractivity contribution in [2.75, 3.05) is 0 Å². The van der Waals surface area contributed by atoms with Gasteiger partial charge in [-0.25, -0.2) is 4.98 Å². The van der Waals surface area contributed by atoms with Crippen molar-refractivity contribution in [3.8, 4) is 5.88 Å². The van der Waals surface area contributed by atoms with E-state index in [0.717, 1.165) is 11.1 Å². The van der Waals surface area contributed by atoms with Gasteiger partial charge in [0.1, 0.15) is 6.61 Å². The fraction of sp³-hybridized carbons (Fsp3) is 0.143. The Hall–Kier alpha value is -2.56. The molecule has 3 N–H and O–H groups in total. The van der Waals surface area contributed by atoms with E-state index in [-0.39, 0.29) is 5.84 Å². The summed E-state index contributed by atoms with van der Waals surface area (Å²) in [5.74, 6) is 0.354. The van der Waals surface area contributed by atoms with Crippen molar-refractivity contribution in [3.05, 3.63) is 59.3 Å². The first-order valence-corrected chi connectivity index (χ1v) is 5.82. The van der Waals surface area contributed by atoms with Crippen LogP contribution in [0.2, 0.25) is 0 Å². The molecule has 2 rings (SSSR count). The minimum absolute atomic E-state index is 0.00587. The van der Waals surface area contributed by atoms with Crippen LogP contribution in [0.1, 0.15) is 16.7 Å². The number of ether oxygens (including phenoxy) is 1. The third kappa shape index (κ3) is 3.01. The van der Waals surface area contributed by atoms with Gasteiger partial charge in [0.25, 0.3) is 0 Å². The fourth-order valence-corrected chi connectivity index (χ4v) is 1.73. The van der Waals surface area contributed by atoms with Gasteiger partial charge in [0, 0.05) is 6.20 Å². The molecular formula is C14H15N3O2. The monoisotopic (exact) mass is 257 g/mol. The second-order valence-electron chi connectivity index (χ2n) is 4.07. The van der Waals surface area contributed by atoms with Gasteiger partial charge in [-0.2, -0.15) is 0 Å². The van der Waals surface area contributed by atoms with Crippen LogP contribution in [0.25, 0.3) is 0 Å². The van der Waals surface area contributed by atoms with Crippen molar-refractivity contribution in [1.82, 2.24) is 4.98 Å². The summed E-state index contributed by atoms with van der Waals surface area (Å²) >= 11 is 0. The van der Waals surface area contributed by atoms with Gasteiger partial charge in [0.05, 0.1) is 5.56 Å². The van der Waals surface area contributed by atoms with Crippen LogP contribution < -0.4 is 10.5 Å². The summed E-state index contributed by atoms with van der Waals surface area (Å²) < 4.78 is 5.64. The van der Waals surface area contributed by atoms with Gasteiger partial charge >= 0.3 is 0 Å². The molecule has 0 aliphatic heterocycles. The molecule has 0 spiro atoms. The third-order valence-corrected chi connectivity index (χ3v) is 2.71. The van der Waals surface area contributed by atoms with Gasteiger partial charge in [-0.1, -0.05) is 35.5 Å². The number of oxime groups is 1. The Morgan fingerprint density at radius 3 is 2.74 bits per heavy atom. The molecule has 0 saturated carbocycles. The molecule has 0 aliphatic rings. The maximum absolute atomic E-state index is 8.80. The number of aryl methyl sites for hydroxylation is 1. The molecular weight excluding hydrogens is 242 g/mol. The SMILES string of the molecule is Cc1ccnc(OCc2ccccc2)c1/C(N)=N/O. The van der Waals surface area contributed by atoms with Gasteiger partial charge in [-0.3, -0.25) is 0 Å². The number of nitrogens with two attached hydrogens (primary N) is 1. The molecule has 0 atom stereocenters. The van der Waals surface area contributed by atoms with Crippen LogP contribution >= 0.6 is 0 Å². The summed E-state index contributed by atoms with van der Waals surface area (Å²) in [6, 6.07) is 11.5. The Bertz CT molecular complexity index is 582. The predicted molar refractivity (Wildman–Crippen MR) is 72.3 cm³/mol. The number of nitrogens with zero attached hydrogens (tertiary/aromatic N) is 2. The fourth-order valence-electron chi connectivity index (χ4n) is 1.73. The number of aromatic nitrogens is 1. The highest BCUT2D eigenvalue weighted by molar-refractivity contribution is 6.00. The lowest BCUT2D eigenvalue weighted by atomic mass is 10.1. The Labute approximate surface area is 111 Å². The molecule has 5 nitrogen and oxygen atoms in total. The van der Waals surface area contributed by atoms with E-state index in [1.165, 1.54) is 0 Å². The van der Waals surface area contributed by atoms with Crippen LogP contribution in [-0.2, 0) is 6.61 Å². The zero-order chi connectivity index (χ0) is 13.7. The van der Waals surface area contributed by atoms with Crippen LogP contribution in [0.4, 0.5) is 0 Å². The summed E-state index contributed by atoms with van der Waals surface area (Å²) in [5.41, 5.74) is 8.03. The molecule has 0 radical (unpaired) electrons. The molecule has 0 unspecified atom stereocenters. The molecule has 98 valence electrons. The molecule has 19 heavy (non-hydrogen) atoms. The molecule has 1 heterocycles. The van der Waals surface area contributed by atoms with E-state index in [9.17, 15) is 0 Å². The smallest absolute Gasteiger partial charge is 0.225 e. The Morgan fingerprint density at radius 1 is 1.32 bits per heavy atom. The normalized spacial score (nSPS) is 11.3. The molecule has 1 aromatic heterocycles. The molecule has 0 fully saturated rings. The zero-order valence-electron chi connectivity index (χ0n) is 10.6. The van der Waals surface area contributed by atoms with Crippen molar-refractivity contribution in [3.63, 3.8) is 0 Å². The van der Waals surface area contributed by atoms with E-state index < -0.39 is 0 Å². The van der Waals surface area contributed by atoms with Crippen LogP contribution in [0.5, 0.6) is 5.88 Å². The van der Waals surface area contributed by atoms with Crippen molar-refractivity contribution in [2.45, 2.75) is 13.5 Å². The Balaban J connectivity index is 2.23. The summed E-state index contributed by atoms with van der Waals surface area (Å²) in [7, 11) is 0. The standard InChI is InChI=1S/C14H15N3O2/c1-10-7-8-16-14(12(10)13(15)17-18)19-9-11-5-3-2-4-6-11/h2-8,18H,9H2,1H3,(H2,15,17). The number of hydrogen-bond acceptors (Lipinski definition) is 4. The van der Waals surface area contributed by atoms with Gasteiger partial charge in [-0.15, -0.1) is 0 Å². The molecule has 0 amide bonds. The first-order valence-electron chi connectivity index (χ1n) is 5.82. The Morgan fingerprint density at radius 2 is 2.05 bits per heavy atom. The highest BCUT2D eigenvalue weighted by atomic mass is 16.5. The van der Waals surface area contributed by atoms with Crippen molar-refractivity contribution in [1.29, 1.82) is 0 Å². The van der Waals surface area contributed by atoms with E-state index in [0.29, 0.717) is 18.1 Å². The van der Waals surface area contributed by atoms with E-state index in [4.69, 9.17) is 15.7 Å². The summed E-state index contributed by atoms with van der Waals surface area (Å²) in [6.45, 7) is 2.23. The minimum Gasteiger partial charge on any atom is -0.472 e. The van der Waals surface area contributed by atoms with Crippen LogP contribution in [0.15, 0.2) is 47.8 Å². The van der Waals surface area contributed by atoms with Crippen molar-refractivity contribution >= 4 is 5.84 Å². The zero-order valence-corrected chi connectivity index (χ0v) is 10.6. The second kappa shape index (κ2) is 5.86. The minimum atomic E-state index is -0.00587. The topological polar surface area (TPSA) is 80.7 Å². The third-order valence-electron chi connectivity index (χ3n) is 2.71. The first-order chi connectivity index (χ1) is 9.22. The number of amidine groups is 1. The van der Waals surface area contributed by atoms with Gasteiger partial charge in [0.15, 0.2) is 5.84 Å². The molecule has 0 saturated heterocycles. The first kappa shape index (κ1) is 12.9. The summed E-state index contributed by atoms with van der Waals surface area (Å²) in [4.78, 5) is 4.13. The van der Waals surface area contributed by atoms with E-state index in [1.54, 1.807) is 12.3 Å². The molecule has 5 heteroatoms. The number of hydrogen-bond donors (Lipinski definition) is 2. The predicted octanol–water partition coefficient (Wildman–Crippen LogP) is 2.06. The quantitative estimate of drug-likeness (QED) is 0.380. The lowest BCUT2D eigenvalue weighted by molar-refractivity contribution is 0.291. The maximum atomic E-state index is 8.80. The average Bonchev–Trinajstić information content (AvgIpc) is 2.45. The highest BCUT2D eigenvalue weighted by Gasteiger charge is 2.13. The summed E-state index contributed by atoms with van der Waals surface area (Å²) in [5, 5.41) is 11.8. The van der Waals surface area contributed by atoms with E-state index in [2.05, 4.69) is 10.1 Å². The van der Waals surface area contributed by atoms with Crippen LogP contribution in [0.3, 0.4) is 0 Å². The van der Waals surface area contributed by atoms with Crippen molar-refractivity contribution < 1.29 is 9.94 Å². The maximum Gasteiger partial charge on any atom is 0.225 e. The van der Waals surface area contributed by atoms with Crippen molar-refractivity contribution in [2.24, 2.45) is 10.9 Å². The summed E-state index contributed by atoms with van der Waals surface area (Å²) in [6.07, 6.45) is 1.63. The number of pyridine rings is 1. The van der Waals surface area contributed by atoms with E-state index in [1.807, 2.05) is 37.3 Å². The number of benzene rings is 1. The Kier molecular flexibility index (Phi) is 3.97. The van der Waals surface area contributed by atoms with Crippen LogP contribution in [-0.4, -0.2) is 16.0 Å². The highest BCUT2D eigenvalue weighted by Crippen LogP contribution is 2.19. The van der Waals surface area contributed by atoms with Gasteiger partial charge < -0.3 is 15.7 Å². The lowest BCUT2D eigenvalue weighted by Gasteiger charge is -2.11. The molecule has 0 bridgehead atoms. The number of rotatable bonds is 4. The average molecular weight is 257 g/mol. The van der Waals surface area contributed by atoms with Gasteiger partial charge in [0.2, 0.25) is 5.88 Å². The van der Waals surface area contributed by atoms with E-state index >= 15 is 0 Å². The molecule has 0 aliphatic carbocycles. The van der Waals surface area contributed by atoms with Crippen LogP contribution in [0, 0.1) is 6.92 Å². The molecule has 2 aromatic rings. The second-order valence-corrected chi connectivity index (χ2v) is 4.07. The molecule has 1 aromatic carbocycles. The lowest BCUT2D eigenvalue weighted by Crippen LogP contribution is -2.17. The largest absolute Gasteiger partial charge is 0.472 e.